The quantitative estimate of drug-likeness (QED) is 0.628. The first-order valence-corrected chi connectivity index (χ1v) is 9.09. The third kappa shape index (κ3) is 2.43. The number of aromatic hydroxyl groups is 2. The summed E-state index contributed by atoms with van der Waals surface area (Å²) < 4.78 is 0. The van der Waals surface area contributed by atoms with Gasteiger partial charge in [-0.05, 0) is 42.6 Å². The summed E-state index contributed by atoms with van der Waals surface area (Å²) in [5, 5.41) is 40.9. The lowest BCUT2D eigenvalue weighted by atomic mass is 9.49. The molecule has 4 N–H and O–H groups in total. The first kappa shape index (κ1) is 18.1. The predicted molar refractivity (Wildman–Crippen MR) is 94.0 cm³/mol. The molecular weight excluding hydrogens is 320 g/mol. The number of aliphatic hydroxyl groups is 1. The number of aliphatic carboxylic acids is 1. The molecule has 0 heterocycles. The number of carbonyl (C=O) groups is 1. The number of benzene rings is 1. The number of hydrogen-bond donors (Lipinski definition) is 4. The highest BCUT2D eigenvalue weighted by Crippen LogP contribution is 2.60. The lowest BCUT2D eigenvalue weighted by Crippen LogP contribution is -2.54. The van der Waals surface area contributed by atoms with Crippen molar-refractivity contribution in [2.45, 2.75) is 64.2 Å². The zero-order valence-electron chi connectivity index (χ0n) is 15.2. The fraction of sp³-hybridized carbons (Fsp3) is 0.650. The van der Waals surface area contributed by atoms with Gasteiger partial charge in [0.05, 0.1) is 5.41 Å². The lowest BCUT2D eigenvalue weighted by molar-refractivity contribution is -0.152. The SMILES string of the molecule is C[C@@H](CO)c1cc2c(c(O)c1O)[C@@]1(C(=O)O)CCCC(C)(C)[C@@H]1CC2. The normalized spacial score (nSPS) is 28.7. The van der Waals surface area contributed by atoms with Gasteiger partial charge < -0.3 is 20.4 Å². The zero-order chi connectivity index (χ0) is 18.6. The maximum absolute atomic E-state index is 12.5. The van der Waals surface area contributed by atoms with Crippen LogP contribution in [0.5, 0.6) is 11.5 Å². The van der Waals surface area contributed by atoms with Crippen LogP contribution >= 0.6 is 0 Å². The molecular formula is C20H28O5. The zero-order valence-corrected chi connectivity index (χ0v) is 15.2. The minimum atomic E-state index is -1.15. The molecule has 1 fully saturated rings. The van der Waals surface area contributed by atoms with Crippen molar-refractivity contribution in [1.29, 1.82) is 0 Å². The summed E-state index contributed by atoms with van der Waals surface area (Å²) in [6, 6.07) is 1.79. The van der Waals surface area contributed by atoms with Crippen LogP contribution in [0.4, 0.5) is 0 Å². The van der Waals surface area contributed by atoms with E-state index in [4.69, 9.17) is 0 Å². The predicted octanol–water partition coefficient (Wildman–Crippen LogP) is 3.29. The molecule has 1 saturated carbocycles. The van der Waals surface area contributed by atoms with E-state index in [2.05, 4.69) is 13.8 Å². The van der Waals surface area contributed by atoms with Gasteiger partial charge in [-0.1, -0.05) is 33.3 Å². The molecule has 0 bridgehead atoms. The second-order valence-electron chi connectivity index (χ2n) is 8.49. The van der Waals surface area contributed by atoms with Crippen LogP contribution in [0.3, 0.4) is 0 Å². The fourth-order valence-corrected chi connectivity index (χ4v) is 5.34. The van der Waals surface area contributed by atoms with Crippen molar-refractivity contribution in [3.8, 4) is 11.5 Å². The summed E-state index contributed by atoms with van der Waals surface area (Å²) in [7, 11) is 0. The number of hydrogen-bond acceptors (Lipinski definition) is 4. The highest BCUT2D eigenvalue weighted by atomic mass is 16.4. The molecule has 3 rings (SSSR count). The van der Waals surface area contributed by atoms with Gasteiger partial charge in [0.15, 0.2) is 11.5 Å². The molecule has 138 valence electrons. The highest BCUT2D eigenvalue weighted by Gasteiger charge is 2.58. The lowest BCUT2D eigenvalue weighted by Gasteiger charge is -2.53. The van der Waals surface area contributed by atoms with E-state index in [-0.39, 0.29) is 35.4 Å². The van der Waals surface area contributed by atoms with Crippen molar-refractivity contribution in [2.24, 2.45) is 11.3 Å². The van der Waals surface area contributed by atoms with Crippen LogP contribution < -0.4 is 0 Å². The van der Waals surface area contributed by atoms with Crippen molar-refractivity contribution in [1.82, 2.24) is 0 Å². The molecule has 0 spiro atoms. The van der Waals surface area contributed by atoms with E-state index in [9.17, 15) is 25.2 Å². The molecule has 0 amide bonds. The molecule has 0 unspecified atom stereocenters. The Bertz CT molecular complexity index is 709. The molecule has 5 heteroatoms. The second-order valence-corrected chi connectivity index (χ2v) is 8.49. The average molecular weight is 348 g/mol. The van der Waals surface area contributed by atoms with E-state index in [0.29, 0.717) is 24.0 Å². The molecule has 2 aliphatic carbocycles. The minimum Gasteiger partial charge on any atom is -0.504 e. The van der Waals surface area contributed by atoms with Crippen molar-refractivity contribution in [3.05, 3.63) is 22.8 Å². The van der Waals surface area contributed by atoms with Gasteiger partial charge in [0.1, 0.15) is 0 Å². The van der Waals surface area contributed by atoms with E-state index in [1.807, 2.05) is 0 Å². The number of phenols is 2. The number of aliphatic hydroxyl groups excluding tert-OH is 1. The summed E-state index contributed by atoms with van der Waals surface area (Å²) >= 11 is 0. The highest BCUT2D eigenvalue weighted by molar-refractivity contribution is 5.85. The van der Waals surface area contributed by atoms with Crippen LogP contribution in [0, 0.1) is 11.3 Å². The van der Waals surface area contributed by atoms with E-state index in [1.165, 1.54) is 0 Å². The molecule has 1 aromatic carbocycles. The maximum Gasteiger partial charge on any atom is 0.314 e. The summed E-state index contributed by atoms with van der Waals surface area (Å²) in [5.41, 5.74) is 0.385. The van der Waals surface area contributed by atoms with Crippen molar-refractivity contribution < 1.29 is 25.2 Å². The first-order valence-electron chi connectivity index (χ1n) is 9.09. The number of rotatable bonds is 3. The molecule has 0 aromatic heterocycles. The maximum atomic E-state index is 12.5. The molecule has 0 saturated heterocycles. The molecule has 25 heavy (non-hydrogen) atoms. The summed E-state index contributed by atoms with van der Waals surface area (Å²) in [5.74, 6) is -1.91. The topological polar surface area (TPSA) is 98.0 Å². The Morgan fingerprint density at radius 3 is 2.56 bits per heavy atom. The second kappa shape index (κ2) is 5.90. The van der Waals surface area contributed by atoms with Crippen LogP contribution in [-0.4, -0.2) is 33.0 Å². The van der Waals surface area contributed by atoms with Gasteiger partial charge in [-0.2, -0.15) is 0 Å². The van der Waals surface area contributed by atoms with Crippen molar-refractivity contribution in [2.75, 3.05) is 6.61 Å². The van der Waals surface area contributed by atoms with E-state index in [0.717, 1.165) is 24.8 Å². The minimum absolute atomic E-state index is 0.0786. The molecule has 3 atom stereocenters. The number of fused-ring (bicyclic) bond motifs is 3. The van der Waals surface area contributed by atoms with Gasteiger partial charge in [0.25, 0.3) is 0 Å². The molecule has 1 aromatic rings. The number of phenolic OH excluding ortho intramolecular Hbond substituents is 2. The van der Waals surface area contributed by atoms with Crippen LogP contribution in [0.25, 0.3) is 0 Å². The van der Waals surface area contributed by atoms with Crippen LogP contribution in [0.1, 0.15) is 69.1 Å². The van der Waals surface area contributed by atoms with Gasteiger partial charge in [0.2, 0.25) is 0 Å². The smallest absolute Gasteiger partial charge is 0.314 e. The summed E-state index contributed by atoms with van der Waals surface area (Å²) in [6.45, 7) is 5.84. The van der Waals surface area contributed by atoms with Crippen LogP contribution in [0.15, 0.2) is 6.07 Å². The molecule has 0 radical (unpaired) electrons. The Hall–Kier alpha value is -1.75. The third-order valence-corrected chi connectivity index (χ3v) is 6.65. The first-order chi connectivity index (χ1) is 11.7. The molecule has 0 aliphatic heterocycles. The third-order valence-electron chi connectivity index (χ3n) is 6.65. The Labute approximate surface area is 148 Å². The van der Waals surface area contributed by atoms with Crippen molar-refractivity contribution >= 4 is 5.97 Å². The molecule has 2 aliphatic rings. The Kier molecular flexibility index (Phi) is 4.26. The van der Waals surface area contributed by atoms with Crippen LogP contribution in [-0.2, 0) is 16.6 Å². The fourth-order valence-electron chi connectivity index (χ4n) is 5.34. The van der Waals surface area contributed by atoms with E-state index >= 15 is 0 Å². The summed E-state index contributed by atoms with van der Waals surface area (Å²) in [4.78, 5) is 12.5. The van der Waals surface area contributed by atoms with Gasteiger partial charge in [-0.15, -0.1) is 0 Å². The average Bonchev–Trinajstić information content (AvgIpc) is 2.56. The number of carboxylic acid groups (broad SMARTS) is 1. The van der Waals surface area contributed by atoms with Crippen molar-refractivity contribution in [3.63, 3.8) is 0 Å². The summed E-state index contributed by atoms with van der Waals surface area (Å²) in [6.07, 6.45) is 3.66. The van der Waals surface area contributed by atoms with Gasteiger partial charge in [0, 0.05) is 23.7 Å². The van der Waals surface area contributed by atoms with Gasteiger partial charge in [-0.25, -0.2) is 0 Å². The van der Waals surface area contributed by atoms with Crippen LogP contribution in [0.2, 0.25) is 0 Å². The molecule has 5 nitrogen and oxygen atoms in total. The Morgan fingerprint density at radius 2 is 1.96 bits per heavy atom. The Balaban J connectivity index is 2.28. The van der Waals surface area contributed by atoms with E-state index < -0.39 is 11.4 Å². The van der Waals surface area contributed by atoms with Gasteiger partial charge >= 0.3 is 5.97 Å². The number of aryl methyl sites for hydroxylation is 1. The number of carboxylic acids is 1. The Morgan fingerprint density at radius 1 is 1.28 bits per heavy atom. The largest absolute Gasteiger partial charge is 0.504 e. The monoisotopic (exact) mass is 348 g/mol. The standard InChI is InChI=1S/C20H28O5/c1-11(10-21)13-9-12-5-6-14-19(2,3)7-4-8-20(14,18(24)25)15(12)17(23)16(13)22/h9,11,14,21-23H,4-8,10H2,1-3H3,(H,24,25)/t11-,14-,20+/m0/s1. The van der Waals surface area contributed by atoms with E-state index in [1.54, 1.807) is 13.0 Å². The van der Waals surface area contributed by atoms with Gasteiger partial charge in [-0.3, -0.25) is 4.79 Å².